The van der Waals surface area contributed by atoms with Crippen LogP contribution in [0.25, 0.3) is 0 Å². The van der Waals surface area contributed by atoms with Crippen LogP contribution in [0.2, 0.25) is 0 Å². The number of rotatable bonds is 7. The fraction of sp³-hybridized carbons (Fsp3) is 0.278. The lowest BCUT2D eigenvalue weighted by atomic mass is 10.2. The molecule has 0 spiro atoms. The summed E-state index contributed by atoms with van der Waals surface area (Å²) in [5, 5.41) is 15.6. The fourth-order valence-corrected chi connectivity index (χ4v) is 2.71. The molecule has 3 rings (SSSR count). The van der Waals surface area contributed by atoms with E-state index in [0.717, 1.165) is 31.7 Å². The van der Waals surface area contributed by atoms with E-state index < -0.39 is 0 Å². The topological polar surface area (TPSA) is 59.7 Å². The molecule has 0 fully saturated rings. The van der Waals surface area contributed by atoms with Crippen molar-refractivity contribution < 1.29 is 0 Å². The van der Waals surface area contributed by atoms with Crippen molar-refractivity contribution in [2.75, 3.05) is 11.9 Å². The molecule has 130 valence electrons. The number of nitrogens with one attached hydrogen (secondary N) is 2. The van der Waals surface area contributed by atoms with Gasteiger partial charge in [0.1, 0.15) is 0 Å². The van der Waals surface area contributed by atoms with E-state index in [2.05, 4.69) is 33.0 Å². The molecule has 2 aromatic heterocycles. The van der Waals surface area contributed by atoms with Gasteiger partial charge in [0, 0.05) is 25.5 Å². The number of anilines is 1. The summed E-state index contributed by atoms with van der Waals surface area (Å²) in [7, 11) is 0. The molecule has 0 amide bonds. The molecule has 0 aliphatic rings. The average Bonchev–Trinajstić information content (AvgIpc) is 3.21. The second-order valence-electron chi connectivity index (χ2n) is 5.93. The number of aryl methyl sites for hydroxylation is 2. The number of thiocarbonyl (C=S) groups is 1. The minimum atomic E-state index is 0.607. The third kappa shape index (κ3) is 5.42. The highest BCUT2D eigenvalue weighted by Gasteiger charge is 2.02. The maximum absolute atomic E-state index is 5.33. The van der Waals surface area contributed by atoms with Crippen molar-refractivity contribution in [3.63, 3.8) is 0 Å². The van der Waals surface area contributed by atoms with Crippen LogP contribution in [0.5, 0.6) is 0 Å². The zero-order chi connectivity index (χ0) is 17.5. The summed E-state index contributed by atoms with van der Waals surface area (Å²) in [6, 6.07) is 10.2. The van der Waals surface area contributed by atoms with Crippen LogP contribution in [-0.2, 0) is 13.1 Å². The van der Waals surface area contributed by atoms with Gasteiger partial charge in [-0.05, 0) is 36.7 Å². The van der Waals surface area contributed by atoms with Crippen molar-refractivity contribution in [3.8, 4) is 0 Å². The summed E-state index contributed by atoms with van der Waals surface area (Å²) in [5.41, 5.74) is 3.28. The Hall–Kier alpha value is -2.67. The van der Waals surface area contributed by atoms with Crippen LogP contribution in [0.3, 0.4) is 0 Å². The quantitative estimate of drug-likeness (QED) is 0.505. The second-order valence-corrected chi connectivity index (χ2v) is 6.34. The maximum Gasteiger partial charge on any atom is 0.170 e. The van der Waals surface area contributed by atoms with Gasteiger partial charge in [0.15, 0.2) is 5.11 Å². The molecule has 0 saturated carbocycles. The van der Waals surface area contributed by atoms with Crippen molar-refractivity contribution >= 4 is 23.0 Å². The Labute approximate surface area is 152 Å². The van der Waals surface area contributed by atoms with E-state index in [1.54, 1.807) is 6.20 Å². The Morgan fingerprint density at radius 2 is 1.88 bits per heavy atom. The van der Waals surface area contributed by atoms with Gasteiger partial charge in [-0.1, -0.05) is 30.3 Å². The molecule has 3 aromatic rings. The molecule has 0 radical (unpaired) electrons. The summed E-state index contributed by atoms with van der Waals surface area (Å²) in [6.07, 6.45) is 8.59. The third-order valence-electron chi connectivity index (χ3n) is 3.69. The van der Waals surface area contributed by atoms with Gasteiger partial charge in [0.25, 0.3) is 0 Å². The average molecular weight is 354 g/mol. The maximum atomic E-state index is 5.33. The van der Waals surface area contributed by atoms with Crippen molar-refractivity contribution in [2.45, 2.75) is 26.4 Å². The molecular formula is C18H22N6S. The monoisotopic (exact) mass is 354 g/mol. The summed E-state index contributed by atoms with van der Waals surface area (Å²) in [4.78, 5) is 0. The normalized spacial score (nSPS) is 10.6. The number of hydrogen-bond donors (Lipinski definition) is 2. The lowest BCUT2D eigenvalue weighted by Gasteiger charge is -2.08. The molecule has 2 heterocycles. The zero-order valence-electron chi connectivity index (χ0n) is 14.2. The highest BCUT2D eigenvalue weighted by Crippen LogP contribution is 2.07. The van der Waals surface area contributed by atoms with Crippen LogP contribution < -0.4 is 10.6 Å². The van der Waals surface area contributed by atoms with E-state index in [1.807, 2.05) is 53.1 Å². The Morgan fingerprint density at radius 1 is 1.08 bits per heavy atom. The van der Waals surface area contributed by atoms with Crippen LogP contribution in [0, 0.1) is 6.92 Å². The molecule has 7 heteroatoms. The van der Waals surface area contributed by atoms with Gasteiger partial charge in [0.2, 0.25) is 0 Å². The Morgan fingerprint density at radius 3 is 2.64 bits per heavy atom. The number of aromatic nitrogens is 4. The summed E-state index contributed by atoms with van der Waals surface area (Å²) in [6.45, 7) is 4.45. The van der Waals surface area contributed by atoms with Gasteiger partial charge >= 0.3 is 0 Å². The van der Waals surface area contributed by atoms with Gasteiger partial charge in [-0.3, -0.25) is 9.36 Å². The number of nitrogens with zero attached hydrogens (tertiary/aromatic N) is 4. The first-order valence-electron chi connectivity index (χ1n) is 8.29. The molecule has 2 N–H and O–H groups in total. The van der Waals surface area contributed by atoms with Crippen molar-refractivity contribution in [3.05, 3.63) is 66.2 Å². The van der Waals surface area contributed by atoms with E-state index in [4.69, 9.17) is 12.2 Å². The minimum Gasteiger partial charge on any atom is -0.362 e. The lowest BCUT2D eigenvalue weighted by Crippen LogP contribution is -2.29. The highest BCUT2D eigenvalue weighted by molar-refractivity contribution is 7.80. The van der Waals surface area contributed by atoms with Crippen molar-refractivity contribution in [1.29, 1.82) is 0 Å². The van der Waals surface area contributed by atoms with Gasteiger partial charge in [-0.2, -0.15) is 10.2 Å². The van der Waals surface area contributed by atoms with Gasteiger partial charge in [0.05, 0.1) is 24.6 Å². The Kier molecular flexibility index (Phi) is 5.79. The molecular weight excluding hydrogens is 332 g/mol. The van der Waals surface area contributed by atoms with Gasteiger partial charge in [-0.25, -0.2) is 0 Å². The van der Waals surface area contributed by atoms with Gasteiger partial charge in [-0.15, -0.1) is 0 Å². The molecule has 0 bridgehead atoms. The summed E-state index contributed by atoms with van der Waals surface area (Å²) >= 11 is 5.33. The number of hydrogen-bond acceptors (Lipinski definition) is 3. The predicted molar refractivity (Wildman–Crippen MR) is 104 cm³/mol. The van der Waals surface area contributed by atoms with E-state index in [1.165, 1.54) is 11.1 Å². The van der Waals surface area contributed by atoms with E-state index in [-0.39, 0.29) is 0 Å². The molecule has 25 heavy (non-hydrogen) atoms. The van der Waals surface area contributed by atoms with Crippen LogP contribution in [-0.4, -0.2) is 31.2 Å². The second kappa shape index (κ2) is 8.43. The summed E-state index contributed by atoms with van der Waals surface area (Å²) < 4.78 is 3.83. The minimum absolute atomic E-state index is 0.607. The molecule has 0 unspecified atom stereocenters. The van der Waals surface area contributed by atoms with Crippen LogP contribution >= 0.6 is 12.2 Å². The first-order valence-corrected chi connectivity index (χ1v) is 8.70. The predicted octanol–water partition coefficient (Wildman–Crippen LogP) is 2.81. The van der Waals surface area contributed by atoms with Crippen LogP contribution in [0.1, 0.15) is 17.5 Å². The molecule has 0 saturated heterocycles. The molecule has 0 aliphatic heterocycles. The molecule has 0 atom stereocenters. The zero-order valence-corrected chi connectivity index (χ0v) is 15.0. The van der Waals surface area contributed by atoms with Gasteiger partial charge < -0.3 is 10.6 Å². The SMILES string of the molecule is Cc1cnn(CCCNC(=S)Nc2cnn(Cc3ccccc3)c2)c1. The molecule has 0 aliphatic carbocycles. The first kappa shape index (κ1) is 17.2. The molecule has 1 aromatic carbocycles. The van der Waals surface area contributed by atoms with E-state index in [0.29, 0.717) is 5.11 Å². The highest BCUT2D eigenvalue weighted by atomic mass is 32.1. The number of benzene rings is 1. The van der Waals surface area contributed by atoms with E-state index >= 15 is 0 Å². The third-order valence-corrected chi connectivity index (χ3v) is 3.94. The lowest BCUT2D eigenvalue weighted by molar-refractivity contribution is 0.573. The molecule has 6 nitrogen and oxygen atoms in total. The smallest absolute Gasteiger partial charge is 0.170 e. The Bertz CT molecular complexity index is 808. The fourth-order valence-electron chi connectivity index (χ4n) is 2.49. The summed E-state index contributed by atoms with van der Waals surface area (Å²) in [5.74, 6) is 0. The largest absolute Gasteiger partial charge is 0.362 e. The van der Waals surface area contributed by atoms with Crippen molar-refractivity contribution in [1.82, 2.24) is 24.9 Å². The van der Waals surface area contributed by atoms with E-state index in [9.17, 15) is 0 Å². The first-order chi connectivity index (χ1) is 12.2. The van der Waals surface area contributed by atoms with Crippen molar-refractivity contribution in [2.24, 2.45) is 0 Å². The van der Waals surface area contributed by atoms with Crippen LogP contribution in [0.4, 0.5) is 5.69 Å². The Balaban J connectivity index is 1.39. The van der Waals surface area contributed by atoms with Crippen LogP contribution in [0.15, 0.2) is 55.1 Å². The standard InChI is InChI=1S/C18H22N6S/c1-15-10-20-23(12-15)9-5-8-19-18(25)22-17-11-21-24(14-17)13-16-6-3-2-4-7-16/h2-4,6-7,10-12,14H,5,8-9,13H2,1H3,(H2,19,22,25).